The zero-order chi connectivity index (χ0) is 27.1. The number of carbonyl (C=O) groups is 1. The van der Waals surface area contributed by atoms with Crippen molar-refractivity contribution in [3.63, 3.8) is 0 Å². The van der Waals surface area contributed by atoms with Crippen LogP contribution >= 0.6 is 0 Å². The number of aromatic nitrogens is 3. The molecule has 0 saturated carbocycles. The summed E-state index contributed by atoms with van der Waals surface area (Å²) in [6.45, 7) is 3.69. The number of anilines is 1. The molecule has 11 heteroatoms. The summed E-state index contributed by atoms with van der Waals surface area (Å²) >= 11 is 0. The fourth-order valence-corrected chi connectivity index (χ4v) is 4.45. The largest absolute Gasteiger partial charge is 0.481 e. The van der Waals surface area contributed by atoms with Crippen LogP contribution in [0.4, 0.5) is 5.95 Å². The third kappa shape index (κ3) is 6.35. The van der Waals surface area contributed by atoms with Crippen LogP contribution in [-0.4, -0.2) is 55.9 Å². The molecule has 1 aromatic carbocycles. The molecule has 1 aliphatic heterocycles. The first-order valence-corrected chi connectivity index (χ1v) is 12.2. The minimum atomic E-state index is -0.747. The van der Waals surface area contributed by atoms with Crippen LogP contribution in [0.2, 0.25) is 0 Å². The van der Waals surface area contributed by atoms with E-state index in [1.165, 1.54) is 6.21 Å². The average Bonchev–Trinajstić information content (AvgIpc) is 2.94. The van der Waals surface area contributed by atoms with E-state index in [-0.39, 0.29) is 24.5 Å². The molecule has 1 fully saturated rings. The van der Waals surface area contributed by atoms with Gasteiger partial charge in [0, 0.05) is 18.2 Å². The number of carboxylic acids is 1. The number of nitrogens with two attached hydrogens (primary N) is 2. The van der Waals surface area contributed by atoms with E-state index in [4.69, 9.17) is 16.6 Å². The summed E-state index contributed by atoms with van der Waals surface area (Å²) in [5.74, 6) is 4.59. The number of carboxylic acid groups (broad SMARTS) is 1. The lowest BCUT2D eigenvalue weighted by atomic mass is 9.96. The van der Waals surface area contributed by atoms with Crippen molar-refractivity contribution in [1.82, 2.24) is 19.9 Å². The highest BCUT2D eigenvalue weighted by Gasteiger charge is 2.29. The molecular formula is C27H29N9O2. The lowest BCUT2D eigenvalue weighted by molar-refractivity contribution is -0.143. The first kappa shape index (κ1) is 26.4. The van der Waals surface area contributed by atoms with E-state index in [2.05, 4.69) is 31.0 Å². The summed E-state index contributed by atoms with van der Waals surface area (Å²) in [5, 5.41) is 22.4. The third-order valence-corrected chi connectivity index (χ3v) is 6.51. The van der Waals surface area contributed by atoms with Gasteiger partial charge in [-0.15, -0.1) is 0 Å². The number of nitrogens with zero attached hydrogens (tertiary/aromatic N) is 7. The minimum absolute atomic E-state index is 0.0100. The number of aliphatic imine (C=N–C) groups is 1. The molecule has 194 valence electrons. The van der Waals surface area contributed by atoms with Gasteiger partial charge in [-0.05, 0) is 56.6 Å². The number of nitrogen functional groups attached to an aromatic ring is 1. The Labute approximate surface area is 220 Å². The number of piperidine rings is 1. The van der Waals surface area contributed by atoms with Crippen LogP contribution in [0.25, 0.3) is 11.3 Å². The standard InChI is InChI=1S/C27H29N9O2/c1-17(36-10-4-7-20(16-36)26(37)38)22-9-3-8-21(32-22)14-31-15-25(35-30)24-12-23(33-27(29)34-24)19-6-2-5-18(11-19)13-28/h2-3,5-6,8-9,11-12,15,17,20H,4,7,10,14,16,30H2,1H3,(H,37,38)(H2,29,33,34)/t17-,20+/m0/s1. The highest BCUT2D eigenvalue weighted by molar-refractivity contribution is 6.37. The Morgan fingerprint density at radius 2 is 2.08 bits per heavy atom. The van der Waals surface area contributed by atoms with Gasteiger partial charge in [-0.3, -0.25) is 19.7 Å². The van der Waals surface area contributed by atoms with E-state index < -0.39 is 5.97 Å². The number of hydrogen-bond acceptors (Lipinski definition) is 10. The summed E-state index contributed by atoms with van der Waals surface area (Å²) in [4.78, 5) is 31.3. The Morgan fingerprint density at radius 1 is 1.26 bits per heavy atom. The number of hydrogen-bond donors (Lipinski definition) is 3. The molecule has 11 nitrogen and oxygen atoms in total. The first-order chi connectivity index (χ1) is 18.4. The van der Waals surface area contributed by atoms with Crippen molar-refractivity contribution in [2.45, 2.75) is 32.4 Å². The van der Waals surface area contributed by atoms with Gasteiger partial charge in [0.2, 0.25) is 5.95 Å². The monoisotopic (exact) mass is 511 g/mol. The molecule has 0 bridgehead atoms. The summed E-state index contributed by atoms with van der Waals surface area (Å²) in [6, 6.07) is 16.5. The fourth-order valence-electron chi connectivity index (χ4n) is 4.45. The van der Waals surface area contributed by atoms with Crippen molar-refractivity contribution < 1.29 is 9.90 Å². The van der Waals surface area contributed by atoms with E-state index in [1.807, 2.05) is 31.2 Å². The number of hydrazone groups is 1. The van der Waals surface area contributed by atoms with Crippen LogP contribution < -0.4 is 11.6 Å². The third-order valence-electron chi connectivity index (χ3n) is 6.51. The second-order valence-corrected chi connectivity index (χ2v) is 9.08. The summed E-state index contributed by atoms with van der Waals surface area (Å²) in [5.41, 5.74) is 10.0. The van der Waals surface area contributed by atoms with Gasteiger partial charge in [-0.1, -0.05) is 18.2 Å². The van der Waals surface area contributed by atoms with E-state index in [1.54, 1.807) is 24.3 Å². The molecule has 2 atom stereocenters. The van der Waals surface area contributed by atoms with Crippen molar-refractivity contribution in [3.05, 3.63) is 71.2 Å². The molecule has 3 heterocycles. The molecule has 0 amide bonds. The van der Waals surface area contributed by atoms with E-state index in [0.717, 1.165) is 24.4 Å². The number of aliphatic carboxylic acids is 1. The first-order valence-electron chi connectivity index (χ1n) is 12.2. The van der Waals surface area contributed by atoms with Gasteiger partial charge in [0.1, 0.15) is 5.71 Å². The van der Waals surface area contributed by atoms with Crippen LogP contribution in [0.15, 0.2) is 58.6 Å². The Bertz CT molecular complexity index is 1410. The van der Waals surface area contributed by atoms with Gasteiger partial charge in [0.05, 0.1) is 53.1 Å². The summed E-state index contributed by atoms with van der Waals surface area (Å²) in [6.07, 6.45) is 3.07. The van der Waals surface area contributed by atoms with E-state index >= 15 is 0 Å². The number of benzene rings is 1. The average molecular weight is 512 g/mol. The molecule has 1 aliphatic rings. The molecular weight excluding hydrogens is 482 g/mol. The van der Waals surface area contributed by atoms with Gasteiger partial charge in [-0.25, -0.2) is 9.97 Å². The number of pyridine rings is 1. The second kappa shape index (κ2) is 12.0. The molecule has 4 rings (SSSR count). The van der Waals surface area contributed by atoms with E-state index in [0.29, 0.717) is 41.2 Å². The lowest BCUT2D eigenvalue weighted by Crippen LogP contribution is -2.40. The maximum Gasteiger partial charge on any atom is 0.307 e. The molecule has 0 aliphatic carbocycles. The number of rotatable bonds is 8. The number of likely N-dealkylation sites (tertiary alicyclic amines) is 1. The van der Waals surface area contributed by atoms with Gasteiger partial charge in [0.25, 0.3) is 0 Å². The Kier molecular flexibility index (Phi) is 8.35. The number of nitriles is 1. The van der Waals surface area contributed by atoms with Gasteiger partial charge in [0.15, 0.2) is 0 Å². The second-order valence-electron chi connectivity index (χ2n) is 9.08. The Morgan fingerprint density at radius 3 is 2.84 bits per heavy atom. The van der Waals surface area contributed by atoms with Crippen LogP contribution in [0.5, 0.6) is 0 Å². The molecule has 0 radical (unpaired) electrons. The highest BCUT2D eigenvalue weighted by Crippen LogP contribution is 2.26. The predicted molar refractivity (Wildman–Crippen MR) is 144 cm³/mol. The zero-order valence-electron chi connectivity index (χ0n) is 21.0. The highest BCUT2D eigenvalue weighted by atomic mass is 16.4. The predicted octanol–water partition coefficient (Wildman–Crippen LogP) is 2.78. The van der Waals surface area contributed by atoms with Crippen LogP contribution in [-0.2, 0) is 11.3 Å². The lowest BCUT2D eigenvalue weighted by Gasteiger charge is -2.35. The quantitative estimate of drug-likeness (QED) is 0.233. The summed E-state index contributed by atoms with van der Waals surface area (Å²) < 4.78 is 0. The van der Waals surface area contributed by atoms with Crippen LogP contribution in [0.1, 0.15) is 48.5 Å². The molecule has 1 saturated heterocycles. The Balaban J connectivity index is 1.47. The van der Waals surface area contributed by atoms with Crippen LogP contribution in [0.3, 0.4) is 0 Å². The van der Waals surface area contributed by atoms with Crippen molar-refractivity contribution in [1.29, 1.82) is 5.26 Å². The maximum atomic E-state index is 11.4. The van der Waals surface area contributed by atoms with Gasteiger partial charge >= 0.3 is 5.97 Å². The molecule has 3 aromatic rings. The molecule has 0 unspecified atom stereocenters. The van der Waals surface area contributed by atoms with E-state index in [9.17, 15) is 15.2 Å². The smallest absolute Gasteiger partial charge is 0.307 e. The van der Waals surface area contributed by atoms with Gasteiger partial charge < -0.3 is 16.7 Å². The molecule has 5 N–H and O–H groups in total. The summed E-state index contributed by atoms with van der Waals surface area (Å²) in [7, 11) is 0. The van der Waals surface area contributed by atoms with Crippen molar-refractivity contribution >= 4 is 23.8 Å². The minimum Gasteiger partial charge on any atom is -0.481 e. The van der Waals surface area contributed by atoms with Crippen LogP contribution in [0, 0.1) is 17.2 Å². The van der Waals surface area contributed by atoms with Crippen molar-refractivity contribution in [2.24, 2.45) is 21.9 Å². The normalized spacial score (nSPS) is 17.3. The Hall–Kier alpha value is -4.69. The molecule has 0 spiro atoms. The zero-order valence-corrected chi connectivity index (χ0v) is 21.0. The van der Waals surface area contributed by atoms with Crippen molar-refractivity contribution in [2.75, 3.05) is 18.8 Å². The van der Waals surface area contributed by atoms with Gasteiger partial charge in [-0.2, -0.15) is 10.4 Å². The van der Waals surface area contributed by atoms with Crippen molar-refractivity contribution in [3.8, 4) is 17.3 Å². The SMILES string of the molecule is C[C@@H](c1cccc(CN=CC(=NN)c2cc(-c3cccc(C#N)c3)nc(N)n2)n1)N1CCC[C@@H](C(=O)O)C1. The topological polar surface area (TPSA) is 180 Å². The molecule has 38 heavy (non-hydrogen) atoms. The molecule has 2 aromatic heterocycles. The fraction of sp³-hybridized carbons (Fsp3) is 0.296. The maximum absolute atomic E-state index is 11.4.